The van der Waals surface area contributed by atoms with Gasteiger partial charge in [-0.1, -0.05) is 23.7 Å². The van der Waals surface area contributed by atoms with Gasteiger partial charge < -0.3 is 14.5 Å². The number of aromatic amines is 1. The number of halogens is 1. The molecule has 0 fully saturated rings. The molecule has 0 radical (unpaired) electrons. The number of hydrogen-bond donors (Lipinski definition) is 2. The van der Waals surface area contributed by atoms with E-state index in [-0.39, 0.29) is 4.90 Å². The van der Waals surface area contributed by atoms with Crippen molar-refractivity contribution in [2.45, 2.75) is 4.90 Å². The molecule has 30 heavy (non-hydrogen) atoms. The number of methoxy groups -OCH3 is 2. The first kappa shape index (κ1) is 20.1. The van der Waals surface area contributed by atoms with E-state index in [0.29, 0.717) is 33.6 Å². The minimum absolute atomic E-state index is 0.0420. The molecule has 1 heterocycles. The molecule has 4 aromatic rings. The number of benzene rings is 3. The maximum Gasteiger partial charge on any atom is 0.262 e. The number of sulfonamides is 1. The number of hydrogen-bond acceptors (Lipinski definition) is 5. The number of anilines is 1. The van der Waals surface area contributed by atoms with E-state index in [9.17, 15) is 8.42 Å². The number of rotatable bonds is 6. The summed E-state index contributed by atoms with van der Waals surface area (Å²) in [6, 6.07) is 16.8. The van der Waals surface area contributed by atoms with Gasteiger partial charge in [-0.05, 0) is 42.5 Å². The van der Waals surface area contributed by atoms with E-state index in [4.69, 9.17) is 21.1 Å². The van der Waals surface area contributed by atoms with Crippen molar-refractivity contribution < 1.29 is 17.9 Å². The van der Waals surface area contributed by atoms with E-state index in [1.807, 2.05) is 24.3 Å². The van der Waals surface area contributed by atoms with Gasteiger partial charge in [0.15, 0.2) is 11.5 Å². The Morgan fingerprint density at radius 2 is 1.73 bits per heavy atom. The quantitative estimate of drug-likeness (QED) is 0.450. The molecule has 0 aliphatic heterocycles. The third-order valence-corrected chi connectivity index (χ3v) is 6.24. The van der Waals surface area contributed by atoms with Crippen LogP contribution in [-0.2, 0) is 10.0 Å². The minimum Gasteiger partial charge on any atom is -0.493 e. The van der Waals surface area contributed by atoms with Gasteiger partial charge >= 0.3 is 0 Å². The standard InChI is InChI=1S/C21H18ClN3O4S/c1-28-19-10-8-14(12-20(19)29-2)30(26,27)25-13-7-9-16(22)15(11-13)21-23-17-5-3-4-6-18(17)24-21/h3-12,25H,1-2H3,(H,23,24). The van der Waals surface area contributed by atoms with Crippen LogP contribution in [0, 0.1) is 0 Å². The van der Waals surface area contributed by atoms with Gasteiger partial charge in [0.1, 0.15) is 5.82 Å². The monoisotopic (exact) mass is 443 g/mol. The molecule has 0 saturated heterocycles. The maximum absolute atomic E-state index is 12.9. The Labute approximate surface area is 178 Å². The summed E-state index contributed by atoms with van der Waals surface area (Å²) in [5.74, 6) is 1.31. The van der Waals surface area contributed by atoms with Crippen molar-refractivity contribution in [3.63, 3.8) is 0 Å². The van der Waals surface area contributed by atoms with Crippen LogP contribution in [0.15, 0.2) is 65.6 Å². The second kappa shape index (κ2) is 7.89. The number of fused-ring (bicyclic) bond motifs is 1. The van der Waals surface area contributed by atoms with E-state index in [1.165, 1.54) is 32.4 Å². The Kier molecular flexibility index (Phi) is 5.27. The average Bonchev–Trinajstić information content (AvgIpc) is 3.18. The lowest BCUT2D eigenvalue weighted by Crippen LogP contribution is -2.13. The molecule has 0 aliphatic carbocycles. The fourth-order valence-electron chi connectivity index (χ4n) is 3.05. The van der Waals surface area contributed by atoms with Crippen LogP contribution in [0.1, 0.15) is 0 Å². The lowest BCUT2D eigenvalue weighted by atomic mass is 10.2. The molecular formula is C21H18ClN3O4S. The van der Waals surface area contributed by atoms with Crippen molar-refractivity contribution in [1.29, 1.82) is 0 Å². The molecule has 7 nitrogen and oxygen atoms in total. The number of nitrogens with one attached hydrogen (secondary N) is 2. The van der Waals surface area contributed by atoms with Gasteiger partial charge in [-0.3, -0.25) is 4.72 Å². The average molecular weight is 444 g/mol. The zero-order valence-electron chi connectivity index (χ0n) is 16.1. The molecule has 0 bridgehead atoms. The third kappa shape index (κ3) is 3.79. The lowest BCUT2D eigenvalue weighted by molar-refractivity contribution is 0.354. The Balaban J connectivity index is 1.69. The zero-order valence-corrected chi connectivity index (χ0v) is 17.7. The third-order valence-electron chi connectivity index (χ3n) is 4.53. The molecule has 154 valence electrons. The van der Waals surface area contributed by atoms with Crippen molar-refractivity contribution in [2.75, 3.05) is 18.9 Å². The summed E-state index contributed by atoms with van der Waals surface area (Å²) in [7, 11) is -0.938. The van der Waals surface area contributed by atoms with Gasteiger partial charge in [-0.15, -0.1) is 0 Å². The Morgan fingerprint density at radius 1 is 0.967 bits per heavy atom. The minimum atomic E-state index is -3.87. The molecule has 0 spiro atoms. The smallest absolute Gasteiger partial charge is 0.262 e. The zero-order chi connectivity index (χ0) is 21.3. The largest absolute Gasteiger partial charge is 0.493 e. The molecule has 3 aromatic carbocycles. The fourth-order valence-corrected chi connectivity index (χ4v) is 4.32. The summed E-state index contributed by atoms with van der Waals surface area (Å²) in [6.45, 7) is 0. The summed E-state index contributed by atoms with van der Waals surface area (Å²) >= 11 is 6.35. The predicted molar refractivity (Wildman–Crippen MR) is 117 cm³/mol. The second-order valence-corrected chi connectivity index (χ2v) is 8.51. The Morgan fingerprint density at radius 3 is 2.47 bits per heavy atom. The first-order chi connectivity index (χ1) is 14.4. The van der Waals surface area contributed by atoms with E-state index < -0.39 is 10.0 Å². The Bertz CT molecular complexity index is 1300. The van der Waals surface area contributed by atoms with Crippen LogP contribution in [0.4, 0.5) is 5.69 Å². The van der Waals surface area contributed by atoms with Gasteiger partial charge in [0.05, 0.1) is 35.2 Å². The molecule has 0 saturated carbocycles. The SMILES string of the molecule is COc1ccc(S(=O)(=O)Nc2ccc(Cl)c(-c3nc4ccccc4[nH]3)c2)cc1OC. The lowest BCUT2D eigenvalue weighted by Gasteiger charge is -2.12. The first-order valence-corrected chi connectivity index (χ1v) is 10.8. The van der Waals surface area contributed by atoms with Crippen molar-refractivity contribution in [2.24, 2.45) is 0 Å². The highest BCUT2D eigenvalue weighted by molar-refractivity contribution is 7.92. The van der Waals surface area contributed by atoms with Gasteiger partial charge in [-0.2, -0.15) is 0 Å². The van der Waals surface area contributed by atoms with E-state index in [2.05, 4.69) is 14.7 Å². The first-order valence-electron chi connectivity index (χ1n) is 8.91. The number of ether oxygens (including phenoxy) is 2. The molecule has 2 N–H and O–H groups in total. The Hall–Kier alpha value is -3.23. The number of H-pyrrole nitrogens is 1. The van der Waals surface area contributed by atoms with Crippen molar-refractivity contribution in [3.05, 3.63) is 65.7 Å². The summed E-state index contributed by atoms with van der Waals surface area (Å²) in [5.41, 5.74) is 2.59. The molecule has 4 rings (SSSR count). The van der Waals surface area contributed by atoms with Crippen LogP contribution in [0.5, 0.6) is 11.5 Å². The molecule has 0 aliphatic rings. The van der Waals surface area contributed by atoms with Crippen LogP contribution in [0.2, 0.25) is 5.02 Å². The topological polar surface area (TPSA) is 93.3 Å². The van der Waals surface area contributed by atoms with Crippen LogP contribution < -0.4 is 14.2 Å². The van der Waals surface area contributed by atoms with Crippen LogP contribution in [0.3, 0.4) is 0 Å². The van der Waals surface area contributed by atoms with Gasteiger partial charge in [0.2, 0.25) is 0 Å². The highest BCUT2D eigenvalue weighted by Crippen LogP contribution is 2.33. The molecule has 1 aromatic heterocycles. The number of nitrogens with zero attached hydrogens (tertiary/aromatic N) is 1. The highest BCUT2D eigenvalue weighted by atomic mass is 35.5. The van der Waals surface area contributed by atoms with Crippen molar-refractivity contribution >= 4 is 38.3 Å². The molecule has 0 unspecified atom stereocenters. The van der Waals surface area contributed by atoms with Crippen molar-refractivity contribution in [1.82, 2.24) is 9.97 Å². The van der Waals surface area contributed by atoms with Crippen LogP contribution in [0.25, 0.3) is 22.4 Å². The fraction of sp³-hybridized carbons (Fsp3) is 0.0952. The second-order valence-electron chi connectivity index (χ2n) is 6.42. The molecular weight excluding hydrogens is 426 g/mol. The van der Waals surface area contributed by atoms with E-state index >= 15 is 0 Å². The number of imidazole rings is 1. The van der Waals surface area contributed by atoms with E-state index in [0.717, 1.165) is 11.0 Å². The highest BCUT2D eigenvalue weighted by Gasteiger charge is 2.18. The molecule has 0 atom stereocenters. The number of para-hydroxylation sites is 2. The summed E-state index contributed by atoms with van der Waals surface area (Å²) in [6.07, 6.45) is 0. The van der Waals surface area contributed by atoms with Crippen molar-refractivity contribution in [3.8, 4) is 22.9 Å². The summed E-state index contributed by atoms with van der Waals surface area (Å²) in [4.78, 5) is 7.77. The molecule has 9 heteroatoms. The summed E-state index contributed by atoms with van der Waals surface area (Å²) < 4.78 is 38.7. The van der Waals surface area contributed by atoms with Gasteiger partial charge in [-0.25, -0.2) is 13.4 Å². The number of aromatic nitrogens is 2. The van der Waals surface area contributed by atoms with Gasteiger partial charge in [0, 0.05) is 17.3 Å². The normalized spacial score (nSPS) is 11.4. The molecule has 0 amide bonds. The van der Waals surface area contributed by atoms with E-state index in [1.54, 1.807) is 18.2 Å². The van der Waals surface area contributed by atoms with Gasteiger partial charge in [0.25, 0.3) is 10.0 Å². The predicted octanol–water partition coefficient (Wildman–Crippen LogP) is 4.70. The summed E-state index contributed by atoms with van der Waals surface area (Å²) in [5, 5.41) is 0.447. The maximum atomic E-state index is 12.9. The van der Waals surface area contributed by atoms with Crippen LogP contribution >= 0.6 is 11.6 Å². The van der Waals surface area contributed by atoms with Crippen LogP contribution in [-0.4, -0.2) is 32.6 Å².